The van der Waals surface area contributed by atoms with Gasteiger partial charge in [0, 0.05) is 32.7 Å². The highest BCUT2D eigenvalue weighted by Gasteiger charge is 2.43. The maximum Gasteiger partial charge on any atom is 0.245 e. The average Bonchev–Trinajstić information content (AvgIpc) is 3.67. The third kappa shape index (κ3) is 9.90. The summed E-state index contributed by atoms with van der Waals surface area (Å²) >= 11 is 0. The quantitative estimate of drug-likeness (QED) is 0.284. The van der Waals surface area contributed by atoms with Crippen LogP contribution in [0, 0.1) is 11.3 Å². The first kappa shape index (κ1) is 37.3. The molecule has 3 heterocycles. The molecule has 10 nitrogen and oxygen atoms in total. The molecule has 3 saturated heterocycles. The van der Waals surface area contributed by atoms with Gasteiger partial charge in [-0.3, -0.25) is 29.0 Å². The molecule has 10 heteroatoms. The van der Waals surface area contributed by atoms with Crippen LogP contribution in [0.1, 0.15) is 112 Å². The summed E-state index contributed by atoms with van der Waals surface area (Å²) in [6, 6.07) is -1.68. The maximum absolute atomic E-state index is 14.2. The van der Waals surface area contributed by atoms with Crippen LogP contribution in [0.15, 0.2) is 0 Å². The van der Waals surface area contributed by atoms with Crippen molar-refractivity contribution in [2.45, 2.75) is 142 Å². The van der Waals surface area contributed by atoms with Crippen LogP contribution in [0.25, 0.3) is 0 Å². The lowest BCUT2D eigenvalue weighted by Crippen LogP contribution is -2.61. The van der Waals surface area contributed by atoms with Gasteiger partial charge < -0.3 is 20.4 Å². The third-order valence-electron chi connectivity index (χ3n) is 10.3. The summed E-state index contributed by atoms with van der Waals surface area (Å²) in [7, 11) is 3.83. The van der Waals surface area contributed by atoms with Crippen LogP contribution in [0.2, 0.25) is 0 Å². The van der Waals surface area contributed by atoms with Crippen molar-refractivity contribution >= 4 is 23.6 Å². The number of hydrogen-bond donors (Lipinski definition) is 2. The van der Waals surface area contributed by atoms with Gasteiger partial charge in [-0.15, -0.1) is 0 Å². The Morgan fingerprint density at radius 1 is 0.844 bits per heavy atom. The van der Waals surface area contributed by atoms with Crippen LogP contribution in [0.4, 0.5) is 0 Å². The molecule has 3 fully saturated rings. The molecule has 4 amide bonds. The first-order chi connectivity index (χ1) is 21.3. The van der Waals surface area contributed by atoms with Crippen LogP contribution in [-0.2, 0) is 19.2 Å². The summed E-state index contributed by atoms with van der Waals surface area (Å²) in [4.78, 5) is 62.5. The first-order valence-electron chi connectivity index (χ1n) is 17.9. The van der Waals surface area contributed by atoms with Crippen LogP contribution in [0.3, 0.4) is 0 Å². The molecule has 5 atom stereocenters. The average molecular weight is 633 g/mol. The van der Waals surface area contributed by atoms with E-state index in [1.54, 1.807) is 0 Å². The predicted octanol–water partition coefficient (Wildman–Crippen LogP) is 3.64. The molecule has 3 aliphatic rings. The fraction of sp³-hybridized carbons (Fsp3) is 0.886. The zero-order valence-electron chi connectivity index (χ0n) is 29.7. The number of unbranched alkanes of at least 4 members (excludes halogenated alkanes) is 3. The fourth-order valence-electron chi connectivity index (χ4n) is 7.38. The Bertz CT molecular complexity index is 997. The molecule has 45 heavy (non-hydrogen) atoms. The van der Waals surface area contributed by atoms with Gasteiger partial charge in [-0.25, -0.2) is 0 Å². The highest BCUT2D eigenvalue weighted by molar-refractivity contribution is 5.91. The van der Waals surface area contributed by atoms with E-state index in [0.717, 1.165) is 70.9 Å². The van der Waals surface area contributed by atoms with Crippen molar-refractivity contribution in [3.8, 4) is 0 Å². The largest absolute Gasteiger partial charge is 0.354 e. The number of likely N-dealkylation sites (N-methyl/N-ethyl adjacent to an activating group) is 2. The van der Waals surface area contributed by atoms with Crippen molar-refractivity contribution in [3.63, 3.8) is 0 Å². The normalized spacial score (nSPS) is 24.5. The number of nitrogens with one attached hydrogen (secondary N) is 2. The number of carbonyl (C=O) groups excluding carboxylic acids is 4. The molecule has 0 aromatic rings. The Balaban J connectivity index is 1.68. The molecule has 0 aromatic heterocycles. The van der Waals surface area contributed by atoms with Crippen molar-refractivity contribution in [3.05, 3.63) is 0 Å². The van der Waals surface area contributed by atoms with E-state index in [0.29, 0.717) is 26.1 Å². The van der Waals surface area contributed by atoms with E-state index in [2.05, 4.69) is 41.2 Å². The van der Waals surface area contributed by atoms with Gasteiger partial charge in [0.2, 0.25) is 23.6 Å². The summed E-state index contributed by atoms with van der Waals surface area (Å²) < 4.78 is 0. The smallest absolute Gasteiger partial charge is 0.245 e. The number of likely N-dealkylation sites (tertiary alicyclic amines) is 3. The van der Waals surface area contributed by atoms with Crippen molar-refractivity contribution in [2.24, 2.45) is 11.3 Å². The fourth-order valence-corrected chi connectivity index (χ4v) is 7.38. The number of amides is 4. The molecule has 258 valence electrons. The standard InChI is InChI=1S/C35H64N6O4/c1-9-10-11-13-20-36-31(42)27-18-16-23-41(27)33(44)28-19-15-22-40(28)24-29(25(2)3)39(8)34(45)30(35(4,5)6)37-32(43)26-17-12-14-21-38(26)7/h25-30H,9-24H2,1-8H3,(H,36,42)(H,37,43)/t26?,27-,28-,29+,30+/m0/s1. The lowest BCUT2D eigenvalue weighted by Gasteiger charge is -2.41. The highest BCUT2D eigenvalue weighted by atomic mass is 16.2. The van der Waals surface area contributed by atoms with Gasteiger partial charge in [-0.05, 0) is 76.4 Å². The van der Waals surface area contributed by atoms with Gasteiger partial charge in [-0.1, -0.05) is 67.2 Å². The molecule has 3 rings (SSSR count). The Morgan fingerprint density at radius 2 is 1.51 bits per heavy atom. The molecule has 0 aliphatic carbocycles. The van der Waals surface area contributed by atoms with Gasteiger partial charge >= 0.3 is 0 Å². The Hall–Kier alpha value is -2.20. The van der Waals surface area contributed by atoms with E-state index in [4.69, 9.17) is 0 Å². The first-order valence-corrected chi connectivity index (χ1v) is 17.9. The summed E-state index contributed by atoms with van der Waals surface area (Å²) in [6.07, 6.45) is 10.5. The van der Waals surface area contributed by atoms with Crippen molar-refractivity contribution in [2.75, 3.05) is 46.8 Å². The van der Waals surface area contributed by atoms with Crippen LogP contribution < -0.4 is 10.6 Å². The number of piperidine rings is 1. The second-order valence-corrected chi connectivity index (χ2v) is 15.3. The molecular weight excluding hydrogens is 568 g/mol. The molecule has 0 radical (unpaired) electrons. The number of nitrogens with zero attached hydrogens (tertiary/aromatic N) is 4. The predicted molar refractivity (Wildman–Crippen MR) is 180 cm³/mol. The Kier molecular flexibility index (Phi) is 14.2. The highest BCUT2D eigenvalue weighted by Crippen LogP contribution is 2.28. The van der Waals surface area contributed by atoms with Crippen molar-refractivity contribution < 1.29 is 19.2 Å². The lowest BCUT2D eigenvalue weighted by atomic mass is 9.84. The molecule has 3 aliphatic heterocycles. The van der Waals surface area contributed by atoms with E-state index >= 15 is 0 Å². The minimum Gasteiger partial charge on any atom is -0.354 e. The lowest BCUT2D eigenvalue weighted by molar-refractivity contribution is -0.144. The summed E-state index contributed by atoms with van der Waals surface area (Å²) in [6.45, 7) is 15.9. The van der Waals surface area contributed by atoms with Crippen LogP contribution >= 0.6 is 0 Å². The second kappa shape index (κ2) is 17.1. The monoisotopic (exact) mass is 632 g/mol. The topological polar surface area (TPSA) is 105 Å². The van der Waals surface area contributed by atoms with Gasteiger partial charge in [0.15, 0.2) is 0 Å². The molecule has 0 spiro atoms. The van der Waals surface area contributed by atoms with Gasteiger partial charge in [0.25, 0.3) is 0 Å². The van der Waals surface area contributed by atoms with Crippen molar-refractivity contribution in [1.29, 1.82) is 0 Å². The molecule has 0 aromatic carbocycles. The molecule has 2 N–H and O–H groups in total. The Morgan fingerprint density at radius 3 is 2.16 bits per heavy atom. The summed E-state index contributed by atoms with van der Waals surface area (Å²) in [5, 5.41) is 6.23. The minimum atomic E-state index is -0.659. The number of hydrogen-bond acceptors (Lipinski definition) is 6. The number of carbonyl (C=O) groups is 4. The van der Waals surface area contributed by atoms with E-state index in [1.165, 1.54) is 6.42 Å². The van der Waals surface area contributed by atoms with Crippen LogP contribution in [0.5, 0.6) is 0 Å². The second-order valence-electron chi connectivity index (χ2n) is 15.3. The van der Waals surface area contributed by atoms with Gasteiger partial charge in [0.1, 0.15) is 12.1 Å². The van der Waals surface area contributed by atoms with E-state index in [1.807, 2.05) is 44.7 Å². The molecule has 0 saturated carbocycles. The molecule has 0 bridgehead atoms. The van der Waals surface area contributed by atoms with Crippen molar-refractivity contribution in [1.82, 2.24) is 30.2 Å². The SMILES string of the molecule is CCCCCCNC(=O)[C@@H]1CCCN1C(=O)[C@@H]1CCCN1C[C@H](C(C)C)N(C)C(=O)[C@@H](NC(=O)C1CCCCN1C)C(C)(C)C. The number of rotatable bonds is 14. The van der Waals surface area contributed by atoms with Gasteiger partial charge in [-0.2, -0.15) is 0 Å². The minimum absolute atomic E-state index is 0.0260. The van der Waals surface area contributed by atoms with E-state index in [-0.39, 0.29) is 47.7 Å². The molecular formula is C35H64N6O4. The summed E-state index contributed by atoms with van der Waals surface area (Å²) in [5.74, 6) is 0.000727. The van der Waals surface area contributed by atoms with E-state index in [9.17, 15) is 19.2 Å². The van der Waals surface area contributed by atoms with Gasteiger partial charge in [0.05, 0.1) is 12.1 Å². The van der Waals surface area contributed by atoms with E-state index < -0.39 is 17.5 Å². The zero-order valence-corrected chi connectivity index (χ0v) is 29.7. The molecule has 1 unspecified atom stereocenters. The summed E-state index contributed by atoms with van der Waals surface area (Å²) in [5.41, 5.74) is -0.469. The zero-order chi connectivity index (χ0) is 33.3. The third-order valence-corrected chi connectivity index (χ3v) is 10.3. The maximum atomic E-state index is 14.2. The van der Waals surface area contributed by atoms with Crippen LogP contribution in [-0.4, -0.2) is 120 Å². The Labute approximate surface area is 273 Å².